The molecule has 0 saturated carbocycles. The van der Waals surface area contributed by atoms with Gasteiger partial charge in [0.2, 0.25) is 0 Å². The molecule has 9 heteroatoms. The molecule has 1 heterocycles. The van der Waals surface area contributed by atoms with Gasteiger partial charge in [-0.15, -0.1) is 4.31 Å². The van der Waals surface area contributed by atoms with Crippen LogP contribution in [0.1, 0.15) is 21.5 Å². The zero-order valence-corrected chi connectivity index (χ0v) is 15.4. The van der Waals surface area contributed by atoms with E-state index in [2.05, 4.69) is 0 Å². The number of amides is 3. The van der Waals surface area contributed by atoms with Crippen molar-refractivity contribution in [1.29, 1.82) is 0 Å². The van der Waals surface area contributed by atoms with Gasteiger partial charge in [0.1, 0.15) is 6.54 Å². The molecule has 0 aromatic heterocycles. The number of carboxylic acid groups (broad SMARTS) is 1. The number of carbonyl (C=O) groups is 3. The first kappa shape index (κ1) is 18.6. The number of sulfonamides is 1. The predicted octanol–water partition coefficient (Wildman–Crippen LogP) is 2.16. The van der Waals surface area contributed by atoms with Crippen molar-refractivity contribution in [2.75, 3.05) is 11.4 Å². The number of hydrogen-bond acceptors (Lipinski definition) is 5. The standard InChI is InChI=1S/C18H16N2O6S/c1-11-6-7-14(8-12(11)2)19-10-16(21)20(18(19)24)27(25,26)15-5-3-4-13(9-15)17(22)23/h3-9H,10H2,1-2H3,(H,22,23). The Kier molecular flexibility index (Phi) is 4.48. The van der Waals surface area contributed by atoms with Crippen LogP contribution in [0.15, 0.2) is 47.4 Å². The van der Waals surface area contributed by atoms with Crippen LogP contribution in [0.2, 0.25) is 0 Å². The fraction of sp³-hybridized carbons (Fsp3) is 0.167. The number of anilines is 1. The summed E-state index contributed by atoms with van der Waals surface area (Å²) in [5, 5.41) is 9.03. The van der Waals surface area contributed by atoms with Gasteiger partial charge in [0.15, 0.2) is 0 Å². The molecule has 1 fully saturated rings. The van der Waals surface area contributed by atoms with Gasteiger partial charge in [-0.2, -0.15) is 0 Å². The second-order valence-corrected chi connectivity index (χ2v) is 7.92. The topological polar surface area (TPSA) is 112 Å². The van der Waals surface area contributed by atoms with E-state index >= 15 is 0 Å². The van der Waals surface area contributed by atoms with Crippen molar-refractivity contribution in [3.8, 4) is 0 Å². The molecule has 0 radical (unpaired) electrons. The Hall–Kier alpha value is -3.20. The van der Waals surface area contributed by atoms with Crippen LogP contribution in [-0.4, -0.2) is 42.3 Å². The Morgan fingerprint density at radius 1 is 1.04 bits per heavy atom. The molecule has 1 saturated heterocycles. The zero-order chi connectivity index (χ0) is 19.9. The highest BCUT2D eigenvalue weighted by Gasteiger charge is 2.45. The molecule has 2 aromatic carbocycles. The summed E-state index contributed by atoms with van der Waals surface area (Å²) in [6.45, 7) is 3.31. The third-order valence-electron chi connectivity index (χ3n) is 4.35. The van der Waals surface area contributed by atoms with Gasteiger partial charge in [-0.3, -0.25) is 9.69 Å². The lowest BCUT2D eigenvalue weighted by Gasteiger charge is -2.18. The van der Waals surface area contributed by atoms with Crippen molar-refractivity contribution < 1.29 is 27.9 Å². The Bertz CT molecular complexity index is 1080. The van der Waals surface area contributed by atoms with Crippen molar-refractivity contribution in [3.63, 3.8) is 0 Å². The first-order chi connectivity index (χ1) is 12.6. The van der Waals surface area contributed by atoms with Gasteiger partial charge >= 0.3 is 12.0 Å². The van der Waals surface area contributed by atoms with Crippen LogP contribution < -0.4 is 4.90 Å². The van der Waals surface area contributed by atoms with Crippen LogP contribution in [-0.2, 0) is 14.8 Å². The van der Waals surface area contributed by atoms with Gasteiger partial charge in [0, 0.05) is 5.69 Å². The highest BCUT2D eigenvalue weighted by molar-refractivity contribution is 7.90. The van der Waals surface area contributed by atoms with Gasteiger partial charge in [-0.25, -0.2) is 18.0 Å². The summed E-state index contributed by atoms with van der Waals surface area (Å²) in [5.74, 6) is -2.22. The van der Waals surface area contributed by atoms with Crippen molar-refractivity contribution in [1.82, 2.24) is 4.31 Å². The van der Waals surface area contributed by atoms with Crippen LogP contribution in [0.5, 0.6) is 0 Å². The van der Waals surface area contributed by atoms with Crippen LogP contribution in [0, 0.1) is 13.8 Å². The molecule has 3 rings (SSSR count). The molecule has 1 aliphatic rings. The van der Waals surface area contributed by atoms with E-state index in [1.807, 2.05) is 13.8 Å². The molecule has 1 N–H and O–H groups in total. The lowest BCUT2D eigenvalue weighted by molar-refractivity contribution is -0.121. The van der Waals surface area contributed by atoms with E-state index in [4.69, 9.17) is 5.11 Å². The molecule has 27 heavy (non-hydrogen) atoms. The lowest BCUT2D eigenvalue weighted by Crippen LogP contribution is -2.38. The molecule has 3 amide bonds. The molecule has 0 spiro atoms. The maximum absolute atomic E-state index is 12.8. The summed E-state index contributed by atoms with van der Waals surface area (Å²) in [6, 6.07) is 8.62. The lowest BCUT2D eigenvalue weighted by atomic mass is 10.1. The Balaban J connectivity index is 2.00. The van der Waals surface area contributed by atoms with E-state index in [1.54, 1.807) is 18.2 Å². The van der Waals surface area contributed by atoms with Crippen molar-refractivity contribution >= 4 is 33.6 Å². The van der Waals surface area contributed by atoms with E-state index in [0.717, 1.165) is 28.2 Å². The van der Waals surface area contributed by atoms with Crippen LogP contribution in [0.25, 0.3) is 0 Å². The van der Waals surface area contributed by atoms with Crippen molar-refractivity contribution in [2.45, 2.75) is 18.7 Å². The molecule has 1 aliphatic heterocycles. The number of aryl methyl sites for hydroxylation is 2. The van der Waals surface area contributed by atoms with Crippen LogP contribution in [0.4, 0.5) is 10.5 Å². The third kappa shape index (κ3) is 3.17. The summed E-state index contributed by atoms with van der Waals surface area (Å²) in [7, 11) is -4.52. The molecule has 140 valence electrons. The summed E-state index contributed by atoms with van der Waals surface area (Å²) >= 11 is 0. The number of carbonyl (C=O) groups excluding carboxylic acids is 2. The van der Waals surface area contributed by atoms with E-state index in [9.17, 15) is 22.8 Å². The van der Waals surface area contributed by atoms with Crippen LogP contribution >= 0.6 is 0 Å². The highest BCUT2D eigenvalue weighted by Crippen LogP contribution is 2.28. The monoisotopic (exact) mass is 388 g/mol. The summed E-state index contributed by atoms with van der Waals surface area (Å²) in [5.41, 5.74) is 2.03. The smallest absolute Gasteiger partial charge is 0.346 e. The molecule has 0 atom stereocenters. The number of rotatable bonds is 4. The maximum atomic E-state index is 12.8. The van der Waals surface area contributed by atoms with Crippen molar-refractivity contribution in [2.24, 2.45) is 0 Å². The minimum atomic E-state index is -4.52. The Morgan fingerprint density at radius 2 is 1.74 bits per heavy atom. The third-order valence-corrected chi connectivity index (χ3v) is 6.04. The summed E-state index contributed by atoms with van der Waals surface area (Å²) in [4.78, 5) is 36.7. The number of aromatic carboxylic acids is 1. The number of carboxylic acids is 1. The molecule has 8 nitrogen and oxygen atoms in total. The predicted molar refractivity (Wildman–Crippen MR) is 96.1 cm³/mol. The zero-order valence-electron chi connectivity index (χ0n) is 14.5. The van der Waals surface area contributed by atoms with E-state index in [0.29, 0.717) is 5.69 Å². The first-order valence-electron chi connectivity index (χ1n) is 7.93. The van der Waals surface area contributed by atoms with Crippen LogP contribution in [0.3, 0.4) is 0 Å². The van der Waals surface area contributed by atoms with E-state index < -0.39 is 39.4 Å². The number of benzene rings is 2. The van der Waals surface area contributed by atoms with Crippen molar-refractivity contribution in [3.05, 3.63) is 59.2 Å². The normalized spacial score (nSPS) is 14.7. The van der Waals surface area contributed by atoms with Gasteiger partial charge in [-0.05, 0) is 55.3 Å². The summed E-state index contributed by atoms with van der Waals surface area (Å²) in [6.07, 6.45) is 0. The Morgan fingerprint density at radius 3 is 2.37 bits per heavy atom. The minimum absolute atomic E-state index is 0.184. The second kappa shape index (κ2) is 6.51. The number of imide groups is 1. The SMILES string of the molecule is Cc1ccc(N2CC(=O)N(S(=O)(=O)c3cccc(C(=O)O)c3)C2=O)cc1C. The van der Waals surface area contributed by atoms with Gasteiger partial charge in [-0.1, -0.05) is 12.1 Å². The van der Waals surface area contributed by atoms with E-state index in [-0.39, 0.29) is 9.87 Å². The quantitative estimate of drug-likeness (QED) is 0.803. The average molecular weight is 388 g/mol. The van der Waals surface area contributed by atoms with E-state index in [1.165, 1.54) is 12.1 Å². The second-order valence-electron chi connectivity index (χ2n) is 6.13. The summed E-state index contributed by atoms with van der Waals surface area (Å²) < 4.78 is 25.8. The molecular weight excluding hydrogens is 372 g/mol. The Labute approximate surface area is 155 Å². The maximum Gasteiger partial charge on any atom is 0.346 e. The minimum Gasteiger partial charge on any atom is -0.478 e. The fourth-order valence-corrected chi connectivity index (χ4v) is 4.08. The molecule has 2 aromatic rings. The average Bonchev–Trinajstić information content (AvgIpc) is 2.92. The van der Waals surface area contributed by atoms with Gasteiger partial charge in [0.05, 0.1) is 10.5 Å². The largest absolute Gasteiger partial charge is 0.478 e. The fourth-order valence-electron chi connectivity index (χ4n) is 2.71. The number of urea groups is 1. The number of nitrogens with zero attached hydrogens (tertiary/aromatic N) is 2. The number of hydrogen-bond donors (Lipinski definition) is 1. The van der Waals surface area contributed by atoms with Gasteiger partial charge in [0.25, 0.3) is 15.9 Å². The van der Waals surface area contributed by atoms with Gasteiger partial charge < -0.3 is 5.11 Å². The molecular formula is C18H16N2O6S. The molecule has 0 unspecified atom stereocenters. The molecule has 0 aliphatic carbocycles. The highest BCUT2D eigenvalue weighted by atomic mass is 32.2. The molecule has 0 bridgehead atoms. The first-order valence-corrected chi connectivity index (χ1v) is 9.37.